The van der Waals surface area contributed by atoms with Crippen LogP contribution in [0.1, 0.15) is 18.4 Å². The van der Waals surface area contributed by atoms with Crippen LogP contribution in [0.3, 0.4) is 0 Å². The third kappa shape index (κ3) is 3.06. The van der Waals surface area contributed by atoms with Gasteiger partial charge in [0.15, 0.2) is 5.84 Å². The van der Waals surface area contributed by atoms with Crippen LogP contribution in [0.5, 0.6) is 0 Å². The molecule has 1 N–H and O–H groups in total. The largest absolute Gasteiger partial charge is 0.355 e. The summed E-state index contributed by atoms with van der Waals surface area (Å²) in [5.41, 5.74) is 1.88. The van der Waals surface area contributed by atoms with Gasteiger partial charge >= 0.3 is 0 Å². The lowest BCUT2D eigenvalue weighted by Crippen LogP contribution is -2.50. The van der Waals surface area contributed by atoms with Crippen LogP contribution in [0, 0.1) is 5.92 Å². The van der Waals surface area contributed by atoms with Crippen molar-refractivity contribution in [2.45, 2.75) is 17.7 Å². The van der Waals surface area contributed by atoms with Gasteiger partial charge in [-0.3, -0.25) is 9.59 Å². The molecule has 2 amide bonds. The van der Waals surface area contributed by atoms with Gasteiger partial charge in [-0.05, 0) is 37.1 Å². The Balaban J connectivity index is 1.42. The van der Waals surface area contributed by atoms with E-state index >= 15 is 0 Å². The van der Waals surface area contributed by atoms with Crippen molar-refractivity contribution in [1.29, 1.82) is 0 Å². The van der Waals surface area contributed by atoms with Gasteiger partial charge in [0.1, 0.15) is 11.4 Å². The molecule has 0 aliphatic carbocycles. The second-order valence-corrected chi connectivity index (χ2v) is 9.23. The zero-order valence-electron chi connectivity index (χ0n) is 16.1. The SMILES string of the molecule is O=C1CN(C(=O)C2CCCN(C3=NS(=O)(=O)c4ccccc43)C2)c2ccccc2N1. The maximum atomic E-state index is 13.4. The summed E-state index contributed by atoms with van der Waals surface area (Å²) in [6.07, 6.45) is 1.41. The molecule has 2 aromatic carbocycles. The number of sulfonamides is 1. The van der Waals surface area contributed by atoms with Gasteiger partial charge in [-0.25, -0.2) is 0 Å². The normalized spacial score (nSPS) is 22.1. The number of hydrogen-bond acceptors (Lipinski definition) is 5. The number of carbonyl (C=O) groups is 2. The number of hydrogen-bond donors (Lipinski definition) is 1. The number of piperidine rings is 1. The topological polar surface area (TPSA) is 99.2 Å². The van der Waals surface area contributed by atoms with E-state index in [-0.39, 0.29) is 29.2 Å². The molecule has 8 nitrogen and oxygen atoms in total. The molecule has 0 spiro atoms. The monoisotopic (exact) mass is 424 g/mol. The predicted molar refractivity (Wildman–Crippen MR) is 112 cm³/mol. The third-order valence-corrected chi connectivity index (χ3v) is 7.04. The van der Waals surface area contributed by atoms with Crippen LogP contribution < -0.4 is 10.2 Å². The quantitative estimate of drug-likeness (QED) is 0.753. The van der Waals surface area contributed by atoms with Crippen LogP contribution in [-0.4, -0.2) is 50.6 Å². The molecule has 0 aromatic heterocycles. The molecule has 2 aromatic rings. The van der Waals surface area contributed by atoms with Crippen molar-refractivity contribution in [2.75, 3.05) is 29.9 Å². The molecular weight excluding hydrogens is 404 g/mol. The minimum Gasteiger partial charge on any atom is -0.355 e. The van der Waals surface area contributed by atoms with Crippen LogP contribution in [0.4, 0.5) is 11.4 Å². The Hall–Kier alpha value is -3.20. The summed E-state index contributed by atoms with van der Waals surface area (Å²) in [5, 5.41) is 2.79. The van der Waals surface area contributed by atoms with Crippen molar-refractivity contribution < 1.29 is 18.0 Å². The average Bonchev–Trinajstić information content (AvgIpc) is 3.04. The fourth-order valence-electron chi connectivity index (χ4n) is 4.34. The van der Waals surface area contributed by atoms with E-state index < -0.39 is 10.0 Å². The van der Waals surface area contributed by atoms with E-state index in [9.17, 15) is 18.0 Å². The van der Waals surface area contributed by atoms with Crippen LogP contribution in [0.25, 0.3) is 0 Å². The van der Waals surface area contributed by atoms with Crippen molar-refractivity contribution in [3.63, 3.8) is 0 Å². The van der Waals surface area contributed by atoms with E-state index in [0.717, 1.165) is 6.42 Å². The lowest BCUT2D eigenvalue weighted by molar-refractivity contribution is -0.125. The number of nitrogens with one attached hydrogen (secondary N) is 1. The van der Waals surface area contributed by atoms with Gasteiger partial charge in [-0.1, -0.05) is 24.3 Å². The highest BCUT2D eigenvalue weighted by Gasteiger charge is 2.37. The zero-order chi connectivity index (χ0) is 20.9. The zero-order valence-corrected chi connectivity index (χ0v) is 16.9. The molecule has 3 aliphatic heterocycles. The van der Waals surface area contributed by atoms with E-state index in [4.69, 9.17) is 0 Å². The molecule has 1 unspecified atom stereocenters. The number of likely N-dealkylation sites (tertiary alicyclic amines) is 1. The van der Waals surface area contributed by atoms with Crippen molar-refractivity contribution in [1.82, 2.24) is 4.90 Å². The highest BCUT2D eigenvalue weighted by Crippen LogP contribution is 2.33. The number of benzene rings is 2. The first-order chi connectivity index (χ1) is 14.4. The Labute approximate surface area is 174 Å². The maximum absolute atomic E-state index is 13.4. The highest BCUT2D eigenvalue weighted by atomic mass is 32.2. The van der Waals surface area contributed by atoms with Crippen LogP contribution in [0.2, 0.25) is 0 Å². The minimum atomic E-state index is -3.71. The second kappa shape index (κ2) is 6.94. The number of nitrogens with zero attached hydrogens (tertiary/aromatic N) is 3. The van der Waals surface area contributed by atoms with Crippen molar-refractivity contribution >= 4 is 39.0 Å². The van der Waals surface area contributed by atoms with Gasteiger partial charge in [-0.15, -0.1) is 4.40 Å². The van der Waals surface area contributed by atoms with Gasteiger partial charge < -0.3 is 15.1 Å². The van der Waals surface area contributed by atoms with Crippen LogP contribution in [-0.2, 0) is 19.6 Å². The summed E-state index contributed by atoms with van der Waals surface area (Å²) in [5.74, 6) is -0.303. The average molecular weight is 424 g/mol. The summed E-state index contributed by atoms with van der Waals surface area (Å²) in [7, 11) is -3.71. The van der Waals surface area contributed by atoms with E-state index in [2.05, 4.69) is 9.71 Å². The molecule has 9 heteroatoms. The summed E-state index contributed by atoms with van der Waals surface area (Å²) in [6.45, 7) is 0.968. The lowest BCUT2D eigenvalue weighted by atomic mass is 9.95. The number of carbonyl (C=O) groups excluding carboxylic acids is 2. The third-order valence-electron chi connectivity index (χ3n) is 5.72. The van der Waals surface area contributed by atoms with E-state index in [1.165, 1.54) is 4.90 Å². The molecule has 1 atom stereocenters. The Morgan fingerprint density at radius 1 is 1.10 bits per heavy atom. The Morgan fingerprint density at radius 2 is 1.87 bits per heavy atom. The molecule has 3 aliphatic rings. The van der Waals surface area contributed by atoms with Gasteiger partial charge in [0, 0.05) is 18.7 Å². The molecule has 0 bridgehead atoms. The highest BCUT2D eigenvalue weighted by molar-refractivity contribution is 7.90. The molecule has 154 valence electrons. The van der Waals surface area contributed by atoms with Crippen molar-refractivity contribution in [3.05, 3.63) is 54.1 Å². The fourth-order valence-corrected chi connectivity index (χ4v) is 5.57. The van der Waals surface area contributed by atoms with E-state index in [0.29, 0.717) is 42.3 Å². The number of anilines is 2. The standard InChI is InChI=1S/C21H20N4O4S/c26-19-13-25(17-9-3-2-8-16(17)22-19)21(27)14-6-5-11-24(12-14)20-15-7-1-4-10-18(15)30(28,29)23-20/h1-4,7-10,14H,5-6,11-13H2,(H,22,26). The Bertz CT molecular complexity index is 1190. The van der Waals surface area contributed by atoms with Gasteiger partial charge in [0.25, 0.3) is 10.0 Å². The number of amides is 2. The molecule has 3 heterocycles. The van der Waals surface area contributed by atoms with Crippen LogP contribution in [0.15, 0.2) is 57.8 Å². The first kappa shape index (κ1) is 18.8. The summed E-state index contributed by atoms with van der Waals surface area (Å²) < 4.78 is 28.8. The molecule has 1 saturated heterocycles. The van der Waals surface area contributed by atoms with Crippen LogP contribution >= 0.6 is 0 Å². The molecule has 30 heavy (non-hydrogen) atoms. The predicted octanol–water partition coefficient (Wildman–Crippen LogP) is 1.83. The lowest BCUT2D eigenvalue weighted by Gasteiger charge is -2.37. The first-order valence-electron chi connectivity index (χ1n) is 9.83. The number of para-hydroxylation sites is 2. The van der Waals surface area contributed by atoms with E-state index in [1.807, 2.05) is 23.1 Å². The number of fused-ring (bicyclic) bond motifs is 2. The first-order valence-corrected chi connectivity index (χ1v) is 11.3. The summed E-state index contributed by atoms with van der Waals surface area (Å²) >= 11 is 0. The van der Waals surface area contributed by atoms with Gasteiger partial charge in [0.2, 0.25) is 11.8 Å². The Morgan fingerprint density at radius 3 is 2.73 bits per heavy atom. The fraction of sp³-hybridized carbons (Fsp3) is 0.286. The number of rotatable bonds is 1. The number of amidine groups is 1. The van der Waals surface area contributed by atoms with Gasteiger partial charge in [-0.2, -0.15) is 8.42 Å². The minimum absolute atomic E-state index is 0.0233. The maximum Gasteiger partial charge on any atom is 0.285 e. The molecular formula is C21H20N4O4S. The second-order valence-electron chi connectivity index (χ2n) is 7.66. The molecule has 0 saturated carbocycles. The van der Waals surface area contributed by atoms with Gasteiger partial charge in [0.05, 0.1) is 17.3 Å². The Kier molecular flexibility index (Phi) is 4.35. The van der Waals surface area contributed by atoms with Crippen molar-refractivity contribution in [2.24, 2.45) is 10.3 Å². The smallest absolute Gasteiger partial charge is 0.285 e. The molecule has 1 fully saturated rings. The molecule has 0 radical (unpaired) electrons. The molecule has 5 rings (SSSR count). The summed E-state index contributed by atoms with van der Waals surface area (Å²) in [6, 6.07) is 14.0. The van der Waals surface area contributed by atoms with E-state index in [1.54, 1.807) is 30.3 Å². The van der Waals surface area contributed by atoms with Crippen molar-refractivity contribution in [3.8, 4) is 0 Å². The summed E-state index contributed by atoms with van der Waals surface area (Å²) in [4.78, 5) is 29.1.